The smallest absolute Gasteiger partial charge is 0.123 e. The SMILES string of the molecule is CC(C)Cl.CC(Cl)Cc1ccc(F)cc1. The molecule has 0 aliphatic carbocycles. The fraction of sp³-hybridized carbons (Fsp3) is 0.500. The third-order valence-corrected chi connectivity index (χ3v) is 1.58. The molecule has 1 unspecified atom stereocenters. The summed E-state index contributed by atoms with van der Waals surface area (Å²) >= 11 is 11.0. The lowest BCUT2D eigenvalue weighted by Gasteiger charge is -2.01. The number of halogens is 3. The number of benzene rings is 1. The predicted molar refractivity (Wildman–Crippen MR) is 66.4 cm³/mol. The number of hydrogen-bond donors (Lipinski definition) is 0. The van der Waals surface area contributed by atoms with Crippen molar-refractivity contribution in [3.63, 3.8) is 0 Å². The highest BCUT2D eigenvalue weighted by Gasteiger charge is 1.98. The van der Waals surface area contributed by atoms with Gasteiger partial charge in [0.2, 0.25) is 0 Å². The number of hydrogen-bond acceptors (Lipinski definition) is 0. The minimum atomic E-state index is -0.198. The molecule has 3 heteroatoms. The van der Waals surface area contributed by atoms with Crippen LogP contribution in [0.5, 0.6) is 0 Å². The Bertz CT molecular complexity index is 252. The summed E-state index contributed by atoms with van der Waals surface area (Å²) in [7, 11) is 0. The van der Waals surface area contributed by atoms with Gasteiger partial charge in [-0.15, -0.1) is 23.2 Å². The van der Waals surface area contributed by atoms with E-state index in [-0.39, 0.29) is 11.2 Å². The van der Waals surface area contributed by atoms with Crippen molar-refractivity contribution in [2.24, 2.45) is 0 Å². The van der Waals surface area contributed by atoms with Gasteiger partial charge in [0, 0.05) is 10.8 Å². The fourth-order valence-corrected chi connectivity index (χ4v) is 1.12. The summed E-state index contributed by atoms with van der Waals surface area (Å²) in [6.07, 6.45) is 0.793. The topological polar surface area (TPSA) is 0 Å². The molecule has 0 aliphatic rings. The van der Waals surface area contributed by atoms with Crippen LogP contribution >= 0.6 is 23.2 Å². The molecule has 0 N–H and O–H groups in total. The Labute approximate surface area is 101 Å². The van der Waals surface area contributed by atoms with Crippen LogP contribution in [0.4, 0.5) is 4.39 Å². The first-order valence-corrected chi connectivity index (χ1v) is 5.81. The highest BCUT2D eigenvalue weighted by atomic mass is 35.5. The van der Waals surface area contributed by atoms with Crippen molar-refractivity contribution in [3.05, 3.63) is 35.6 Å². The van der Waals surface area contributed by atoms with Crippen molar-refractivity contribution in [2.45, 2.75) is 37.9 Å². The Kier molecular flexibility index (Phi) is 7.81. The molecule has 0 bridgehead atoms. The molecule has 0 saturated carbocycles. The lowest BCUT2D eigenvalue weighted by atomic mass is 10.1. The lowest BCUT2D eigenvalue weighted by Crippen LogP contribution is -1.96. The van der Waals surface area contributed by atoms with Crippen LogP contribution in [0.15, 0.2) is 24.3 Å². The van der Waals surface area contributed by atoms with Crippen molar-refractivity contribution in [2.75, 3.05) is 0 Å². The van der Waals surface area contributed by atoms with Crippen LogP contribution in [0.1, 0.15) is 26.3 Å². The molecular formula is C12H17Cl2F. The molecule has 0 radical (unpaired) electrons. The van der Waals surface area contributed by atoms with E-state index in [1.54, 1.807) is 12.1 Å². The predicted octanol–water partition coefficient (Wildman–Crippen LogP) is 4.63. The van der Waals surface area contributed by atoms with E-state index < -0.39 is 0 Å². The highest BCUT2D eigenvalue weighted by molar-refractivity contribution is 6.20. The summed E-state index contributed by atoms with van der Waals surface area (Å²) in [4.78, 5) is 0. The Balaban J connectivity index is 0.000000423. The van der Waals surface area contributed by atoms with Gasteiger partial charge < -0.3 is 0 Å². The van der Waals surface area contributed by atoms with E-state index in [4.69, 9.17) is 23.2 Å². The van der Waals surface area contributed by atoms with Gasteiger partial charge in [-0.05, 0) is 44.9 Å². The maximum absolute atomic E-state index is 12.4. The molecule has 86 valence electrons. The molecule has 0 spiro atoms. The fourth-order valence-electron chi connectivity index (χ4n) is 0.945. The molecule has 1 aromatic rings. The maximum atomic E-state index is 12.4. The van der Waals surface area contributed by atoms with E-state index >= 15 is 0 Å². The van der Waals surface area contributed by atoms with Crippen LogP contribution in [0.2, 0.25) is 0 Å². The van der Waals surface area contributed by atoms with Crippen molar-refractivity contribution in [1.82, 2.24) is 0 Å². The van der Waals surface area contributed by atoms with Gasteiger partial charge in [0.25, 0.3) is 0 Å². The first-order chi connectivity index (χ1) is 6.91. The summed E-state index contributed by atoms with van der Waals surface area (Å²) in [5.41, 5.74) is 1.08. The van der Waals surface area contributed by atoms with Gasteiger partial charge in [0.1, 0.15) is 5.82 Å². The van der Waals surface area contributed by atoms with Gasteiger partial charge in [-0.25, -0.2) is 4.39 Å². The number of rotatable bonds is 2. The van der Waals surface area contributed by atoms with Gasteiger partial charge in [0.05, 0.1) is 0 Å². The van der Waals surface area contributed by atoms with Crippen LogP contribution in [-0.4, -0.2) is 10.8 Å². The van der Waals surface area contributed by atoms with Crippen molar-refractivity contribution in [1.29, 1.82) is 0 Å². The molecule has 15 heavy (non-hydrogen) atoms. The van der Waals surface area contributed by atoms with Crippen LogP contribution in [0.25, 0.3) is 0 Å². The van der Waals surface area contributed by atoms with Gasteiger partial charge in [-0.2, -0.15) is 0 Å². The molecule has 0 fully saturated rings. The average Bonchev–Trinajstić information content (AvgIpc) is 2.07. The van der Waals surface area contributed by atoms with Gasteiger partial charge in [-0.1, -0.05) is 12.1 Å². The first-order valence-electron chi connectivity index (χ1n) is 4.94. The average molecular weight is 251 g/mol. The van der Waals surface area contributed by atoms with Gasteiger partial charge in [0.15, 0.2) is 0 Å². The van der Waals surface area contributed by atoms with Gasteiger partial charge in [-0.3, -0.25) is 0 Å². The van der Waals surface area contributed by atoms with E-state index in [1.807, 2.05) is 20.8 Å². The van der Waals surface area contributed by atoms with E-state index in [0.29, 0.717) is 5.38 Å². The summed E-state index contributed by atoms with van der Waals surface area (Å²) in [6.45, 7) is 5.79. The largest absolute Gasteiger partial charge is 0.207 e. The standard InChI is InChI=1S/C9H10ClF.C3H7Cl/c1-7(10)6-8-2-4-9(11)5-3-8;1-3(2)4/h2-5,7H,6H2,1H3;3H,1-2H3. The molecular weight excluding hydrogens is 234 g/mol. The molecule has 0 saturated heterocycles. The Hall–Kier alpha value is -0.270. The van der Waals surface area contributed by atoms with Crippen LogP contribution in [0, 0.1) is 5.82 Å². The molecule has 0 aromatic heterocycles. The molecule has 0 heterocycles. The Morgan fingerprint density at radius 1 is 1.07 bits per heavy atom. The third kappa shape index (κ3) is 10.0. The monoisotopic (exact) mass is 250 g/mol. The summed E-state index contributed by atoms with van der Waals surface area (Å²) in [5.74, 6) is -0.198. The van der Waals surface area contributed by atoms with E-state index in [1.165, 1.54) is 12.1 Å². The Morgan fingerprint density at radius 3 is 1.80 bits per heavy atom. The van der Waals surface area contributed by atoms with E-state index in [9.17, 15) is 4.39 Å². The van der Waals surface area contributed by atoms with Gasteiger partial charge >= 0.3 is 0 Å². The molecule has 0 nitrogen and oxygen atoms in total. The normalized spacial score (nSPS) is 11.9. The summed E-state index contributed by atoms with van der Waals surface area (Å²) in [6, 6.07) is 6.42. The number of alkyl halides is 2. The minimum Gasteiger partial charge on any atom is -0.207 e. The molecule has 1 rings (SSSR count). The zero-order valence-electron chi connectivity index (χ0n) is 9.31. The second-order valence-corrected chi connectivity index (χ2v) is 5.24. The second-order valence-electron chi connectivity index (χ2n) is 3.63. The van der Waals surface area contributed by atoms with E-state index in [0.717, 1.165) is 12.0 Å². The molecule has 0 aliphatic heterocycles. The van der Waals surface area contributed by atoms with Crippen molar-refractivity contribution >= 4 is 23.2 Å². The van der Waals surface area contributed by atoms with Crippen LogP contribution in [0.3, 0.4) is 0 Å². The summed E-state index contributed by atoms with van der Waals surface area (Å²) < 4.78 is 12.4. The second kappa shape index (κ2) is 7.95. The van der Waals surface area contributed by atoms with Crippen LogP contribution < -0.4 is 0 Å². The van der Waals surface area contributed by atoms with Crippen molar-refractivity contribution < 1.29 is 4.39 Å². The van der Waals surface area contributed by atoms with E-state index in [2.05, 4.69) is 0 Å². The highest BCUT2D eigenvalue weighted by Crippen LogP contribution is 2.08. The summed E-state index contributed by atoms with van der Waals surface area (Å²) in [5, 5.41) is 0.417. The quantitative estimate of drug-likeness (QED) is 0.672. The maximum Gasteiger partial charge on any atom is 0.123 e. The van der Waals surface area contributed by atoms with Crippen molar-refractivity contribution in [3.8, 4) is 0 Å². The molecule has 0 amide bonds. The first kappa shape index (κ1) is 14.7. The zero-order valence-corrected chi connectivity index (χ0v) is 10.8. The molecule has 1 atom stereocenters. The minimum absolute atomic E-state index is 0.112. The zero-order chi connectivity index (χ0) is 11.8. The van der Waals surface area contributed by atoms with Crippen LogP contribution in [-0.2, 0) is 6.42 Å². The lowest BCUT2D eigenvalue weighted by molar-refractivity contribution is 0.627. The third-order valence-electron chi connectivity index (χ3n) is 1.43. The Morgan fingerprint density at radius 2 is 1.47 bits per heavy atom. The molecule has 1 aromatic carbocycles.